The van der Waals surface area contributed by atoms with E-state index >= 15 is 0 Å². The predicted molar refractivity (Wildman–Crippen MR) is 72.5 cm³/mol. The SMILES string of the molecule is CCNC(c1cncc(C)c1)C1CSCCO1. The second-order valence-corrected chi connectivity index (χ2v) is 5.46. The Morgan fingerprint density at radius 1 is 1.59 bits per heavy atom. The van der Waals surface area contributed by atoms with E-state index in [9.17, 15) is 0 Å². The average Bonchev–Trinajstić information content (AvgIpc) is 2.37. The molecular weight excluding hydrogens is 232 g/mol. The summed E-state index contributed by atoms with van der Waals surface area (Å²) in [6.07, 6.45) is 4.10. The molecule has 2 heterocycles. The third kappa shape index (κ3) is 3.44. The number of ether oxygens (including phenoxy) is 1. The van der Waals surface area contributed by atoms with Crippen LogP contribution in [-0.4, -0.2) is 35.7 Å². The minimum Gasteiger partial charge on any atom is -0.375 e. The maximum atomic E-state index is 5.88. The van der Waals surface area contributed by atoms with E-state index in [2.05, 4.69) is 30.2 Å². The van der Waals surface area contributed by atoms with Crippen LogP contribution in [0.5, 0.6) is 0 Å². The fourth-order valence-electron chi connectivity index (χ4n) is 2.13. The van der Waals surface area contributed by atoms with E-state index in [0.29, 0.717) is 0 Å². The van der Waals surface area contributed by atoms with Crippen LogP contribution in [-0.2, 0) is 4.74 Å². The highest BCUT2D eigenvalue weighted by Crippen LogP contribution is 2.25. The molecule has 4 heteroatoms. The summed E-state index contributed by atoms with van der Waals surface area (Å²) in [5, 5.41) is 3.52. The third-order valence-corrected chi connectivity index (χ3v) is 3.91. The summed E-state index contributed by atoms with van der Waals surface area (Å²) >= 11 is 1.97. The van der Waals surface area contributed by atoms with Gasteiger partial charge in [-0.05, 0) is 24.6 Å². The van der Waals surface area contributed by atoms with Gasteiger partial charge < -0.3 is 10.1 Å². The van der Waals surface area contributed by atoms with Gasteiger partial charge in [0.1, 0.15) is 0 Å². The molecule has 1 aliphatic heterocycles. The van der Waals surface area contributed by atoms with Crippen LogP contribution in [0.15, 0.2) is 18.5 Å². The van der Waals surface area contributed by atoms with Crippen molar-refractivity contribution in [2.75, 3.05) is 24.7 Å². The molecule has 0 radical (unpaired) electrons. The van der Waals surface area contributed by atoms with Gasteiger partial charge in [0, 0.05) is 23.9 Å². The summed E-state index contributed by atoms with van der Waals surface area (Å²) in [6, 6.07) is 2.46. The largest absolute Gasteiger partial charge is 0.375 e. The number of aromatic nitrogens is 1. The molecule has 3 nitrogen and oxygen atoms in total. The first-order valence-corrected chi connectivity index (χ1v) is 7.31. The van der Waals surface area contributed by atoms with Crippen molar-refractivity contribution in [3.05, 3.63) is 29.6 Å². The van der Waals surface area contributed by atoms with Gasteiger partial charge in [-0.3, -0.25) is 4.98 Å². The van der Waals surface area contributed by atoms with Gasteiger partial charge in [-0.25, -0.2) is 0 Å². The first kappa shape index (κ1) is 12.9. The molecular formula is C13H20N2OS. The molecule has 1 aromatic rings. The predicted octanol–water partition coefficient (Wildman–Crippen LogP) is 2.17. The molecule has 0 aliphatic carbocycles. The Hall–Kier alpha value is -0.580. The fraction of sp³-hybridized carbons (Fsp3) is 0.615. The van der Waals surface area contributed by atoms with Crippen molar-refractivity contribution in [1.29, 1.82) is 0 Å². The molecule has 17 heavy (non-hydrogen) atoms. The lowest BCUT2D eigenvalue weighted by molar-refractivity contribution is 0.0471. The Morgan fingerprint density at radius 2 is 2.47 bits per heavy atom. The van der Waals surface area contributed by atoms with Crippen molar-refractivity contribution in [3.63, 3.8) is 0 Å². The van der Waals surface area contributed by atoms with Crippen molar-refractivity contribution in [2.45, 2.75) is 26.0 Å². The van der Waals surface area contributed by atoms with Crippen molar-refractivity contribution in [1.82, 2.24) is 10.3 Å². The van der Waals surface area contributed by atoms with Crippen LogP contribution >= 0.6 is 11.8 Å². The number of pyridine rings is 1. The normalized spacial score (nSPS) is 22.4. The molecule has 2 atom stereocenters. The zero-order chi connectivity index (χ0) is 12.1. The number of hydrogen-bond donors (Lipinski definition) is 1. The van der Waals surface area contributed by atoms with Gasteiger partial charge in [0.15, 0.2) is 0 Å². The minimum absolute atomic E-state index is 0.261. The smallest absolute Gasteiger partial charge is 0.0860 e. The molecule has 2 rings (SSSR count). The first-order chi connectivity index (χ1) is 8.31. The second-order valence-electron chi connectivity index (χ2n) is 4.32. The highest BCUT2D eigenvalue weighted by molar-refractivity contribution is 7.99. The molecule has 1 N–H and O–H groups in total. The van der Waals surface area contributed by atoms with Crippen LogP contribution in [0.1, 0.15) is 24.1 Å². The van der Waals surface area contributed by atoms with Gasteiger partial charge in [-0.15, -0.1) is 0 Å². The Labute approximate surface area is 107 Å². The van der Waals surface area contributed by atoms with Crippen LogP contribution in [0.4, 0.5) is 0 Å². The Morgan fingerprint density at radius 3 is 3.12 bits per heavy atom. The molecule has 1 saturated heterocycles. The molecule has 1 fully saturated rings. The minimum atomic E-state index is 0.261. The van der Waals surface area contributed by atoms with Crippen LogP contribution in [0, 0.1) is 6.92 Å². The van der Waals surface area contributed by atoms with E-state index in [-0.39, 0.29) is 12.1 Å². The van der Waals surface area contributed by atoms with E-state index < -0.39 is 0 Å². The van der Waals surface area contributed by atoms with Crippen LogP contribution in [0.3, 0.4) is 0 Å². The lowest BCUT2D eigenvalue weighted by Gasteiger charge is -2.31. The molecule has 0 amide bonds. The summed E-state index contributed by atoms with van der Waals surface area (Å²) in [7, 11) is 0. The Balaban J connectivity index is 2.15. The highest BCUT2D eigenvalue weighted by Gasteiger charge is 2.25. The molecule has 0 spiro atoms. The van der Waals surface area contributed by atoms with E-state index in [1.807, 2.05) is 24.2 Å². The summed E-state index contributed by atoms with van der Waals surface area (Å²) in [5.74, 6) is 2.17. The third-order valence-electron chi connectivity index (χ3n) is 2.89. The van der Waals surface area contributed by atoms with Gasteiger partial charge >= 0.3 is 0 Å². The molecule has 2 unspecified atom stereocenters. The number of aryl methyl sites for hydroxylation is 1. The lowest BCUT2D eigenvalue weighted by atomic mass is 10.0. The zero-order valence-electron chi connectivity index (χ0n) is 10.5. The van der Waals surface area contributed by atoms with Gasteiger partial charge in [0.05, 0.1) is 18.8 Å². The molecule has 0 saturated carbocycles. The zero-order valence-corrected chi connectivity index (χ0v) is 11.3. The highest BCUT2D eigenvalue weighted by atomic mass is 32.2. The molecule has 1 aromatic heterocycles. The van der Waals surface area contributed by atoms with Crippen LogP contribution in [0.2, 0.25) is 0 Å². The number of nitrogens with one attached hydrogen (secondary N) is 1. The molecule has 0 bridgehead atoms. The maximum Gasteiger partial charge on any atom is 0.0860 e. The first-order valence-electron chi connectivity index (χ1n) is 6.15. The topological polar surface area (TPSA) is 34.2 Å². The number of rotatable bonds is 4. The number of likely N-dealkylation sites (N-methyl/N-ethyl adjacent to an activating group) is 1. The van der Waals surface area contributed by atoms with E-state index in [1.54, 1.807) is 0 Å². The monoisotopic (exact) mass is 252 g/mol. The molecule has 94 valence electrons. The van der Waals surface area contributed by atoms with Crippen molar-refractivity contribution < 1.29 is 4.74 Å². The van der Waals surface area contributed by atoms with E-state index in [0.717, 1.165) is 24.7 Å². The molecule has 1 aliphatic rings. The Kier molecular flexibility index (Phi) is 4.83. The van der Waals surface area contributed by atoms with Crippen LogP contribution in [0.25, 0.3) is 0 Å². The van der Waals surface area contributed by atoms with E-state index in [1.165, 1.54) is 11.1 Å². The summed E-state index contributed by atoms with van der Waals surface area (Å²) in [5.41, 5.74) is 2.44. The average molecular weight is 252 g/mol. The molecule has 0 aromatic carbocycles. The van der Waals surface area contributed by atoms with Crippen molar-refractivity contribution >= 4 is 11.8 Å². The maximum absolute atomic E-state index is 5.88. The van der Waals surface area contributed by atoms with Gasteiger partial charge in [-0.2, -0.15) is 11.8 Å². The van der Waals surface area contributed by atoms with Gasteiger partial charge in [0.2, 0.25) is 0 Å². The van der Waals surface area contributed by atoms with Crippen molar-refractivity contribution in [3.8, 4) is 0 Å². The Bertz CT molecular complexity index is 353. The summed E-state index contributed by atoms with van der Waals surface area (Å²) in [4.78, 5) is 4.28. The number of nitrogens with zero attached hydrogens (tertiary/aromatic N) is 1. The number of thioether (sulfide) groups is 1. The van der Waals surface area contributed by atoms with E-state index in [4.69, 9.17) is 4.74 Å². The second kappa shape index (κ2) is 6.38. The van der Waals surface area contributed by atoms with Gasteiger partial charge in [0.25, 0.3) is 0 Å². The fourth-order valence-corrected chi connectivity index (χ4v) is 3.03. The quantitative estimate of drug-likeness (QED) is 0.890. The van der Waals surface area contributed by atoms with Gasteiger partial charge in [-0.1, -0.05) is 13.0 Å². The standard InChI is InChI=1S/C13H20N2OS/c1-3-15-13(12-9-17-5-4-16-12)11-6-10(2)7-14-8-11/h6-8,12-13,15H,3-5,9H2,1-2H3. The summed E-state index contributed by atoms with van der Waals surface area (Å²) < 4.78 is 5.88. The van der Waals surface area contributed by atoms with Crippen LogP contribution < -0.4 is 5.32 Å². The lowest BCUT2D eigenvalue weighted by Crippen LogP contribution is -2.38. The summed E-state index contributed by atoms with van der Waals surface area (Å²) in [6.45, 7) is 6.02. The van der Waals surface area contributed by atoms with Crippen molar-refractivity contribution in [2.24, 2.45) is 0 Å². The number of hydrogen-bond acceptors (Lipinski definition) is 4.